The van der Waals surface area contributed by atoms with Gasteiger partial charge in [-0.3, -0.25) is 58.5 Å². The molecule has 6 bridgehead atoms. The van der Waals surface area contributed by atoms with Crippen molar-refractivity contribution in [3.63, 3.8) is 0 Å². The minimum atomic E-state index is -0.969. The number of aromatic nitrogens is 3. The van der Waals surface area contributed by atoms with Crippen molar-refractivity contribution in [3.8, 4) is 0 Å². The summed E-state index contributed by atoms with van der Waals surface area (Å²) in [5, 5.41) is 25.7. The van der Waals surface area contributed by atoms with Crippen LogP contribution < -0.4 is 10.6 Å². The maximum absolute atomic E-state index is 13.4. The van der Waals surface area contributed by atoms with Crippen molar-refractivity contribution in [1.29, 1.82) is 0 Å². The summed E-state index contributed by atoms with van der Waals surface area (Å²) >= 11 is 3.12. The number of rotatable bonds is 14. The van der Waals surface area contributed by atoms with Crippen molar-refractivity contribution < 1.29 is 86.6 Å². The van der Waals surface area contributed by atoms with Gasteiger partial charge in [0, 0.05) is 111 Å². The number of carboxylic acids is 2. The molecule has 32 nitrogen and oxygen atoms in total. The number of carbonyl (C=O) groups excluding carboxylic acids is 8. The largest absolute Gasteiger partial charge is 0.480 e. The first-order valence-corrected chi connectivity index (χ1v) is 41.0. The van der Waals surface area contributed by atoms with Crippen molar-refractivity contribution in [2.75, 3.05) is 143 Å². The van der Waals surface area contributed by atoms with E-state index >= 15 is 0 Å². The lowest BCUT2D eigenvalue weighted by Gasteiger charge is -2.30. The van der Waals surface area contributed by atoms with E-state index in [4.69, 9.17) is 38.4 Å². The van der Waals surface area contributed by atoms with Crippen LogP contribution in [0.3, 0.4) is 0 Å². The molecule has 8 aliphatic rings. The lowest BCUT2D eigenvalue weighted by atomic mass is 10.1. The number of fused-ring (bicyclic) bond motifs is 6. The Labute approximate surface area is 673 Å². The topological polar surface area (TPSA) is 358 Å². The molecule has 5 amide bonds. The third-order valence-electron chi connectivity index (χ3n) is 19.8. The minimum Gasteiger partial charge on any atom is -0.480 e. The smallest absolute Gasteiger partial charge is 0.329 e. The van der Waals surface area contributed by atoms with E-state index in [1.807, 2.05) is 130 Å². The van der Waals surface area contributed by atoms with Gasteiger partial charge >= 0.3 is 29.8 Å². The summed E-state index contributed by atoms with van der Waals surface area (Å²) in [5.41, 5.74) is 3.60. The Morgan fingerprint density at radius 1 is 0.381 bits per heavy atom. The van der Waals surface area contributed by atoms with Crippen molar-refractivity contribution in [2.45, 2.75) is 213 Å². The molecule has 0 aliphatic carbocycles. The van der Waals surface area contributed by atoms with E-state index in [0.29, 0.717) is 156 Å². The van der Waals surface area contributed by atoms with Gasteiger partial charge in [-0.1, -0.05) is 34.1 Å². The number of carbonyl (C=O) groups is 10. The van der Waals surface area contributed by atoms with Gasteiger partial charge in [0.25, 0.3) is 0 Å². The second-order valence-corrected chi connectivity index (χ2v) is 33.1. The lowest BCUT2D eigenvalue weighted by Crippen LogP contribution is -2.48. The summed E-state index contributed by atoms with van der Waals surface area (Å²) < 4.78 is 33.7. The SMILES string of the molecule is CC(C)(C)OC(=O)C1CCCN1C(=O)CBr.CC(C)(C)OC(=O)C1CCCN1C(=O)CN1CCOCCN(CC(=O)N2CCCC2C(=O)OC(C)(C)C)Cc2cccc(n2)C1.O=C(O)C1CCCN1C(=O)CN1CCOCCN(CC(=O)N2CCCC2C(=O)O)Cc2cccc(n2)C1.c1cc2nc(c1)CNCCOCCNC2. The molecule has 8 aliphatic heterocycles. The van der Waals surface area contributed by atoms with Crippen molar-refractivity contribution >= 4 is 75.3 Å². The van der Waals surface area contributed by atoms with Gasteiger partial charge in [0.15, 0.2) is 0 Å². The summed E-state index contributed by atoms with van der Waals surface area (Å²) in [6.07, 6.45) is 6.62. The maximum atomic E-state index is 13.4. The molecule has 0 aromatic carbocycles. The third kappa shape index (κ3) is 30.4. The number of hydrogen-bond acceptors (Lipinski definition) is 25. The molecular weight excluding hydrogens is 1520 g/mol. The van der Waals surface area contributed by atoms with Crippen LogP contribution >= 0.6 is 15.9 Å². The zero-order chi connectivity index (χ0) is 81.8. The lowest BCUT2D eigenvalue weighted by molar-refractivity contribution is -0.163. The molecule has 113 heavy (non-hydrogen) atoms. The van der Waals surface area contributed by atoms with E-state index in [1.165, 1.54) is 9.80 Å². The molecule has 3 aromatic rings. The van der Waals surface area contributed by atoms with Crippen LogP contribution in [-0.4, -0.2) is 319 Å². The highest BCUT2D eigenvalue weighted by molar-refractivity contribution is 9.09. The standard InChI is InChI=1S/C33H51N5O7.C25H35N5O7.C11H18BrNO3.C11H17N3O/c1-32(2,3)44-30(41)26-12-8-14-37(26)28(39)22-35-16-18-43-19-17-36(21-25-11-7-10-24(20-35)34-25)23-29(40)38-15-9-13-27(38)31(42)45-33(4,5)6;31-22(29-8-2-6-20(29)24(33)34)16-27-10-12-37-13-11-28(15-19-5-1-4-18(14-27)26-19)17-23(32)30-9-3-7-21(30)25(35)36;1-11(2,3)16-10(15)8-5-4-6-13(8)9(14)7-12;1-2-10-8-12-4-6-15-7-5-13-9-11(3-1)14-10/h7,10-11,26-27H,8-9,12-23H2,1-6H3;1,4-5,20-21H,2-3,6-17H2,(H,33,34)(H,35,36);8H,4-7H2,1-3H3;1-3,12-13H,4-9H2. The first kappa shape index (κ1) is 90.8. The number of hydrogen-bond donors (Lipinski definition) is 4. The second kappa shape index (κ2) is 44.4. The van der Waals surface area contributed by atoms with E-state index in [0.717, 1.165) is 92.8 Å². The number of halogens is 1. The quantitative estimate of drug-likeness (QED) is 0.0995. The van der Waals surface area contributed by atoms with Crippen LogP contribution in [0, 0.1) is 0 Å². The molecular formula is C80H121BrN14O18. The molecule has 5 saturated heterocycles. The normalized spacial score (nSPS) is 22.2. The Morgan fingerprint density at radius 2 is 0.628 bits per heavy atom. The third-order valence-corrected chi connectivity index (χ3v) is 20.3. The fourth-order valence-electron chi connectivity index (χ4n) is 14.6. The molecule has 11 rings (SSSR count). The Morgan fingerprint density at radius 3 is 0.903 bits per heavy atom. The van der Waals surface area contributed by atoms with Crippen LogP contribution in [0.15, 0.2) is 54.6 Å². The number of nitrogens with zero attached hydrogens (tertiary/aromatic N) is 12. The average Bonchev–Trinajstić information content (AvgIpc) is 1.82. The zero-order valence-electron chi connectivity index (χ0n) is 67.6. The van der Waals surface area contributed by atoms with Gasteiger partial charge in [-0.2, -0.15) is 0 Å². The Bertz CT molecular complexity index is 3470. The molecule has 5 fully saturated rings. The molecule has 626 valence electrons. The van der Waals surface area contributed by atoms with Crippen molar-refractivity contribution in [3.05, 3.63) is 88.8 Å². The highest BCUT2D eigenvalue weighted by Gasteiger charge is 2.42. The summed E-state index contributed by atoms with van der Waals surface area (Å²) in [4.78, 5) is 155. The summed E-state index contributed by atoms with van der Waals surface area (Å²) in [7, 11) is 0. The van der Waals surface area contributed by atoms with Gasteiger partial charge in [-0.05, 0) is 163 Å². The van der Waals surface area contributed by atoms with E-state index in [2.05, 4.69) is 37.6 Å². The van der Waals surface area contributed by atoms with Gasteiger partial charge in [-0.15, -0.1) is 0 Å². The zero-order valence-corrected chi connectivity index (χ0v) is 69.2. The van der Waals surface area contributed by atoms with E-state index in [-0.39, 0.29) is 79.0 Å². The summed E-state index contributed by atoms with van der Waals surface area (Å²) in [6.45, 7) is 29.6. The Balaban J connectivity index is 0.000000208. The molecule has 0 saturated carbocycles. The van der Waals surface area contributed by atoms with Gasteiger partial charge in [0.2, 0.25) is 29.5 Å². The first-order chi connectivity index (χ1) is 53.8. The number of nitrogens with one attached hydrogen (secondary N) is 2. The number of carboxylic acid groups (broad SMARTS) is 2. The minimum absolute atomic E-state index is 0.0478. The van der Waals surface area contributed by atoms with Crippen LogP contribution in [0.2, 0.25) is 0 Å². The molecule has 3 aromatic heterocycles. The predicted octanol–water partition coefficient (Wildman–Crippen LogP) is 4.25. The number of pyridine rings is 3. The molecule has 0 radical (unpaired) electrons. The maximum Gasteiger partial charge on any atom is 0.329 e. The number of likely N-dealkylation sites (tertiary alicyclic amines) is 5. The number of esters is 3. The summed E-state index contributed by atoms with van der Waals surface area (Å²) in [5.74, 6) is -3.62. The van der Waals surface area contributed by atoms with Gasteiger partial charge in [0.05, 0.1) is 105 Å². The van der Waals surface area contributed by atoms with Crippen LogP contribution in [0.5, 0.6) is 0 Å². The number of amides is 5. The first-order valence-electron chi connectivity index (χ1n) is 39.9. The molecule has 4 N–H and O–H groups in total. The van der Waals surface area contributed by atoms with E-state index in [9.17, 15) is 58.2 Å². The fraction of sp³-hybridized carbons (Fsp3) is 0.688. The average molecular weight is 1650 g/mol. The number of ether oxygens (including phenoxy) is 6. The highest BCUT2D eigenvalue weighted by Crippen LogP contribution is 2.27. The van der Waals surface area contributed by atoms with Crippen LogP contribution in [0.25, 0.3) is 0 Å². The second-order valence-electron chi connectivity index (χ2n) is 32.5. The van der Waals surface area contributed by atoms with Gasteiger partial charge < -0.3 is 73.8 Å². The van der Waals surface area contributed by atoms with Crippen molar-refractivity contribution in [1.82, 2.24) is 69.7 Å². The van der Waals surface area contributed by atoms with Gasteiger partial charge in [-0.25, -0.2) is 24.0 Å². The molecule has 5 atom stereocenters. The van der Waals surface area contributed by atoms with Gasteiger partial charge in [0.1, 0.15) is 47.0 Å². The molecule has 5 unspecified atom stereocenters. The van der Waals surface area contributed by atoms with Crippen molar-refractivity contribution in [2.24, 2.45) is 0 Å². The fourth-order valence-corrected chi connectivity index (χ4v) is 14.9. The number of alkyl halides is 1. The van der Waals surface area contributed by atoms with E-state index < -0.39 is 59.0 Å². The van der Waals surface area contributed by atoms with Crippen LogP contribution in [0.1, 0.15) is 161 Å². The molecule has 11 heterocycles. The monoisotopic (exact) mass is 1640 g/mol. The number of aliphatic carboxylic acids is 2. The molecule has 33 heteroatoms. The Kier molecular flexibility index (Phi) is 35.7. The Hall–Kier alpha value is -7.73. The highest BCUT2D eigenvalue weighted by atomic mass is 79.9. The van der Waals surface area contributed by atoms with E-state index in [1.54, 1.807) is 14.7 Å². The predicted molar refractivity (Wildman–Crippen MR) is 420 cm³/mol. The van der Waals surface area contributed by atoms with Crippen LogP contribution in [-0.2, 0) is 116 Å². The van der Waals surface area contributed by atoms with Crippen LogP contribution in [0.4, 0.5) is 0 Å². The summed E-state index contributed by atoms with van der Waals surface area (Å²) in [6, 6.07) is 14.5. The molecule has 0 spiro atoms.